The maximum Gasteiger partial charge on any atom is 0.198 e. The van der Waals surface area contributed by atoms with E-state index in [4.69, 9.17) is 0 Å². The van der Waals surface area contributed by atoms with Crippen LogP contribution in [0.15, 0.2) is 36.4 Å². The van der Waals surface area contributed by atoms with Crippen LogP contribution in [0.5, 0.6) is 0 Å². The van der Waals surface area contributed by atoms with Crippen molar-refractivity contribution in [2.45, 2.75) is 25.2 Å². The number of hydrogen-bond acceptors (Lipinski definition) is 1. The zero-order valence-electron chi connectivity index (χ0n) is 11.2. The predicted molar refractivity (Wildman–Crippen MR) is 72.8 cm³/mol. The lowest BCUT2D eigenvalue weighted by Gasteiger charge is -2.25. The summed E-state index contributed by atoms with van der Waals surface area (Å²) in [5, 5.41) is 0. The molecule has 1 fully saturated rings. The predicted octanol–water partition coefficient (Wildman–Crippen LogP) is 4.60. The fourth-order valence-corrected chi connectivity index (χ4v) is 2.55. The first kappa shape index (κ1) is 13.9. The molecule has 0 bridgehead atoms. The number of rotatable bonds is 3. The van der Waals surface area contributed by atoms with E-state index < -0.39 is 28.8 Å². The van der Waals surface area contributed by atoms with Gasteiger partial charge in [0, 0.05) is 17.7 Å². The highest BCUT2D eigenvalue weighted by molar-refractivity contribution is 6.09. The van der Waals surface area contributed by atoms with E-state index in [1.54, 1.807) is 12.1 Å². The second kappa shape index (κ2) is 5.35. The van der Waals surface area contributed by atoms with Crippen molar-refractivity contribution in [3.05, 3.63) is 70.5 Å². The molecule has 0 heterocycles. The lowest BCUT2D eigenvalue weighted by molar-refractivity contribution is 0.103. The molecule has 4 heteroatoms. The number of carbonyl (C=O) groups excluding carboxylic acids is 1. The van der Waals surface area contributed by atoms with Crippen molar-refractivity contribution in [1.82, 2.24) is 0 Å². The Balaban J connectivity index is 1.91. The quantitative estimate of drug-likeness (QED) is 0.755. The molecule has 0 spiro atoms. The van der Waals surface area contributed by atoms with Crippen LogP contribution in [0, 0.1) is 17.5 Å². The molecule has 2 aromatic rings. The molecule has 0 atom stereocenters. The molecule has 21 heavy (non-hydrogen) atoms. The number of benzene rings is 2. The molecule has 0 aliphatic heterocycles. The van der Waals surface area contributed by atoms with Crippen LogP contribution < -0.4 is 0 Å². The Hall–Kier alpha value is -2.10. The first-order chi connectivity index (χ1) is 10.1. The Labute approximate surface area is 120 Å². The molecule has 1 aliphatic carbocycles. The molecule has 1 aliphatic rings. The molecule has 1 nitrogen and oxygen atoms in total. The van der Waals surface area contributed by atoms with Gasteiger partial charge >= 0.3 is 0 Å². The third-order valence-corrected chi connectivity index (χ3v) is 3.98. The molecule has 0 N–H and O–H groups in total. The largest absolute Gasteiger partial charge is 0.288 e. The Morgan fingerprint density at radius 3 is 2.00 bits per heavy atom. The van der Waals surface area contributed by atoms with Crippen LogP contribution in [0.2, 0.25) is 0 Å². The Morgan fingerprint density at radius 2 is 1.52 bits per heavy atom. The highest BCUT2D eigenvalue weighted by Gasteiger charge is 2.22. The van der Waals surface area contributed by atoms with Gasteiger partial charge < -0.3 is 0 Å². The monoisotopic (exact) mass is 290 g/mol. The Bertz CT molecular complexity index is 665. The molecule has 0 unspecified atom stereocenters. The van der Waals surface area contributed by atoms with Crippen molar-refractivity contribution < 1.29 is 18.0 Å². The second-order valence-electron chi connectivity index (χ2n) is 5.32. The molecule has 0 saturated heterocycles. The first-order valence-corrected chi connectivity index (χ1v) is 6.85. The fourth-order valence-electron chi connectivity index (χ4n) is 2.55. The van der Waals surface area contributed by atoms with Gasteiger partial charge in [0.1, 0.15) is 17.5 Å². The van der Waals surface area contributed by atoms with E-state index in [0.29, 0.717) is 18.1 Å². The summed E-state index contributed by atoms with van der Waals surface area (Å²) in [6.45, 7) is 0. The van der Waals surface area contributed by atoms with Gasteiger partial charge in [0.2, 0.25) is 0 Å². The highest BCUT2D eigenvalue weighted by Crippen LogP contribution is 2.36. The van der Waals surface area contributed by atoms with E-state index in [-0.39, 0.29) is 5.56 Å². The molecule has 2 aromatic carbocycles. The van der Waals surface area contributed by atoms with E-state index in [9.17, 15) is 18.0 Å². The molecule has 0 aromatic heterocycles. The summed E-state index contributed by atoms with van der Waals surface area (Å²) >= 11 is 0. The molecule has 1 saturated carbocycles. The third-order valence-electron chi connectivity index (χ3n) is 3.98. The van der Waals surface area contributed by atoms with E-state index in [1.165, 1.54) is 6.42 Å². The second-order valence-corrected chi connectivity index (χ2v) is 5.32. The first-order valence-electron chi connectivity index (χ1n) is 6.85. The van der Waals surface area contributed by atoms with E-state index in [1.807, 2.05) is 12.1 Å². The van der Waals surface area contributed by atoms with E-state index >= 15 is 0 Å². The fraction of sp³-hybridized carbons (Fsp3) is 0.235. The lowest BCUT2D eigenvalue weighted by atomic mass is 9.80. The topological polar surface area (TPSA) is 17.1 Å². The summed E-state index contributed by atoms with van der Waals surface area (Å²) in [5.74, 6) is -3.65. The summed E-state index contributed by atoms with van der Waals surface area (Å²) < 4.78 is 40.1. The van der Waals surface area contributed by atoms with Crippen molar-refractivity contribution >= 4 is 5.78 Å². The average molecular weight is 290 g/mol. The third kappa shape index (κ3) is 2.58. The van der Waals surface area contributed by atoms with Crippen LogP contribution in [0.3, 0.4) is 0 Å². The van der Waals surface area contributed by atoms with Crippen LogP contribution in [0.1, 0.15) is 46.7 Å². The van der Waals surface area contributed by atoms with Gasteiger partial charge in [0.05, 0.1) is 5.56 Å². The van der Waals surface area contributed by atoms with Crippen molar-refractivity contribution in [1.29, 1.82) is 0 Å². The molecule has 3 rings (SSSR count). The summed E-state index contributed by atoms with van der Waals surface area (Å²) in [7, 11) is 0. The van der Waals surface area contributed by atoms with Crippen molar-refractivity contribution in [2.24, 2.45) is 0 Å². The molecular weight excluding hydrogens is 277 g/mol. The van der Waals surface area contributed by atoms with Crippen molar-refractivity contribution in [3.8, 4) is 0 Å². The zero-order valence-corrected chi connectivity index (χ0v) is 11.2. The van der Waals surface area contributed by atoms with Gasteiger partial charge in [0.25, 0.3) is 0 Å². The number of carbonyl (C=O) groups is 1. The van der Waals surface area contributed by atoms with Gasteiger partial charge in [-0.3, -0.25) is 4.79 Å². The van der Waals surface area contributed by atoms with E-state index in [2.05, 4.69) is 0 Å². The number of ketones is 1. The van der Waals surface area contributed by atoms with Crippen LogP contribution in [0.4, 0.5) is 13.2 Å². The van der Waals surface area contributed by atoms with Gasteiger partial charge in [0.15, 0.2) is 5.78 Å². The minimum Gasteiger partial charge on any atom is -0.288 e. The number of halogens is 3. The van der Waals surface area contributed by atoms with Crippen LogP contribution in [-0.4, -0.2) is 5.78 Å². The van der Waals surface area contributed by atoms with Crippen LogP contribution >= 0.6 is 0 Å². The van der Waals surface area contributed by atoms with Gasteiger partial charge in [-0.1, -0.05) is 30.7 Å². The van der Waals surface area contributed by atoms with Gasteiger partial charge in [-0.2, -0.15) is 0 Å². The molecular formula is C17H13F3O. The number of hydrogen-bond donors (Lipinski definition) is 0. The minimum absolute atomic E-state index is 0.197. The van der Waals surface area contributed by atoms with Gasteiger partial charge in [-0.25, -0.2) is 13.2 Å². The van der Waals surface area contributed by atoms with E-state index in [0.717, 1.165) is 18.4 Å². The van der Waals surface area contributed by atoms with Crippen LogP contribution in [-0.2, 0) is 0 Å². The normalized spacial score (nSPS) is 14.8. The lowest BCUT2D eigenvalue weighted by Crippen LogP contribution is -2.10. The molecule has 0 amide bonds. The van der Waals surface area contributed by atoms with Gasteiger partial charge in [-0.05, 0) is 24.3 Å². The highest BCUT2D eigenvalue weighted by atomic mass is 19.1. The zero-order chi connectivity index (χ0) is 15.0. The SMILES string of the molecule is O=C(c1ccc(C2CCC2)cc1)c1c(F)cc(F)cc1F. The summed E-state index contributed by atoms with van der Waals surface area (Å²) in [4.78, 5) is 12.2. The summed E-state index contributed by atoms with van der Waals surface area (Å²) in [6, 6.07) is 7.79. The average Bonchev–Trinajstić information content (AvgIpc) is 2.36. The summed E-state index contributed by atoms with van der Waals surface area (Å²) in [6.07, 6.45) is 3.47. The summed E-state index contributed by atoms with van der Waals surface area (Å²) in [5.41, 5.74) is 0.619. The van der Waals surface area contributed by atoms with Crippen molar-refractivity contribution in [3.63, 3.8) is 0 Å². The van der Waals surface area contributed by atoms with Crippen LogP contribution in [0.25, 0.3) is 0 Å². The smallest absolute Gasteiger partial charge is 0.198 e. The molecule has 0 radical (unpaired) electrons. The maximum absolute atomic E-state index is 13.6. The Kier molecular flexibility index (Phi) is 3.53. The van der Waals surface area contributed by atoms with Gasteiger partial charge in [-0.15, -0.1) is 0 Å². The van der Waals surface area contributed by atoms with Crippen molar-refractivity contribution in [2.75, 3.05) is 0 Å². The maximum atomic E-state index is 13.6. The standard InChI is InChI=1S/C17H13F3O/c18-13-8-14(19)16(15(20)9-13)17(21)12-6-4-11(5-7-12)10-2-1-3-10/h4-10H,1-3H2. The molecule has 108 valence electrons. The Morgan fingerprint density at radius 1 is 0.952 bits per heavy atom. The minimum atomic E-state index is -1.18.